The van der Waals surface area contributed by atoms with Gasteiger partial charge in [0.05, 0.1) is 12.1 Å². The zero-order valence-corrected chi connectivity index (χ0v) is 24.4. The largest absolute Gasteiger partial charge is 0.496 e. The first kappa shape index (κ1) is 27.9. The molecule has 0 saturated carbocycles. The summed E-state index contributed by atoms with van der Waals surface area (Å²) >= 11 is 7.27. The molecule has 1 aliphatic rings. The lowest BCUT2D eigenvalue weighted by Crippen LogP contribution is -2.40. The van der Waals surface area contributed by atoms with Crippen molar-refractivity contribution in [3.8, 4) is 5.75 Å². The number of likely N-dealkylation sites (tertiary alicyclic amines) is 1. The van der Waals surface area contributed by atoms with Crippen molar-refractivity contribution in [2.24, 2.45) is 0 Å². The number of thiazole rings is 1. The minimum absolute atomic E-state index is 0.0137. The van der Waals surface area contributed by atoms with Gasteiger partial charge in [-0.05, 0) is 74.3 Å². The Labute approximate surface area is 235 Å². The van der Waals surface area contributed by atoms with Gasteiger partial charge in [0.25, 0.3) is 5.91 Å². The highest BCUT2D eigenvalue weighted by Crippen LogP contribution is 2.31. The maximum absolute atomic E-state index is 13.2. The number of thiocarbonyl (C=S) groups is 1. The SMILES string of the molecule is COc1ccccc1CC(C)N(C)C(=O)c1csc(C2CCN(C(=S)Nc3ccc(N(C)C)cc3)CC2)n1. The lowest BCUT2D eigenvalue weighted by Gasteiger charge is -2.33. The second-order valence-electron chi connectivity index (χ2n) is 9.98. The van der Waals surface area contributed by atoms with Gasteiger partial charge < -0.3 is 24.8 Å². The average molecular weight is 552 g/mol. The fraction of sp³-hybridized carbons (Fsp3) is 0.414. The van der Waals surface area contributed by atoms with Crippen molar-refractivity contribution in [2.45, 2.75) is 38.1 Å². The molecule has 0 bridgehead atoms. The number of anilines is 2. The summed E-state index contributed by atoms with van der Waals surface area (Å²) in [6, 6.07) is 16.2. The highest BCUT2D eigenvalue weighted by molar-refractivity contribution is 7.80. The minimum Gasteiger partial charge on any atom is -0.496 e. The van der Waals surface area contributed by atoms with Crippen molar-refractivity contribution in [3.63, 3.8) is 0 Å². The van der Waals surface area contributed by atoms with Gasteiger partial charge >= 0.3 is 0 Å². The van der Waals surface area contributed by atoms with Crippen LogP contribution in [0.5, 0.6) is 5.75 Å². The molecule has 3 aromatic rings. The molecule has 2 aromatic carbocycles. The maximum Gasteiger partial charge on any atom is 0.273 e. The molecule has 1 N–H and O–H groups in total. The summed E-state index contributed by atoms with van der Waals surface area (Å²) in [6.07, 6.45) is 2.64. The van der Waals surface area contributed by atoms with E-state index in [9.17, 15) is 4.79 Å². The summed E-state index contributed by atoms with van der Waals surface area (Å²) in [6.45, 7) is 3.79. The van der Waals surface area contributed by atoms with Crippen molar-refractivity contribution >= 4 is 45.9 Å². The number of para-hydroxylation sites is 1. The number of aromatic nitrogens is 1. The van der Waals surface area contributed by atoms with Gasteiger partial charge in [-0.2, -0.15) is 0 Å². The highest BCUT2D eigenvalue weighted by Gasteiger charge is 2.27. The molecule has 0 aliphatic carbocycles. The van der Waals surface area contributed by atoms with Crippen LogP contribution < -0.4 is 15.0 Å². The molecular formula is C29H37N5O2S2. The first-order valence-corrected chi connectivity index (χ1v) is 14.2. The molecule has 1 amide bonds. The number of hydrogen-bond acceptors (Lipinski definition) is 6. The van der Waals surface area contributed by atoms with Crippen molar-refractivity contribution in [1.82, 2.24) is 14.8 Å². The van der Waals surface area contributed by atoms with Gasteiger partial charge in [-0.25, -0.2) is 4.98 Å². The van der Waals surface area contributed by atoms with Crippen molar-refractivity contribution in [1.29, 1.82) is 0 Å². The molecule has 0 spiro atoms. The van der Waals surface area contributed by atoms with Gasteiger partial charge in [-0.15, -0.1) is 11.3 Å². The Morgan fingerprint density at radius 2 is 1.84 bits per heavy atom. The third-order valence-electron chi connectivity index (χ3n) is 7.20. The van der Waals surface area contributed by atoms with E-state index in [-0.39, 0.29) is 11.9 Å². The molecular weight excluding hydrogens is 514 g/mol. The van der Waals surface area contributed by atoms with Crippen LogP contribution in [0.3, 0.4) is 0 Å². The maximum atomic E-state index is 13.2. The number of ether oxygens (including phenoxy) is 1. The van der Waals surface area contributed by atoms with Crippen LogP contribution in [0.1, 0.15) is 46.7 Å². The van der Waals surface area contributed by atoms with Gasteiger partial charge in [-0.3, -0.25) is 4.79 Å². The first-order chi connectivity index (χ1) is 18.3. The van der Waals surface area contributed by atoms with E-state index in [1.807, 2.05) is 50.8 Å². The molecule has 1 aliphatic heterocycles. The van der Waals surface area contributed by atoms with Crippen LogP contribution in [-0.2, 0) is 6.42 Å². The topological polar surface area (TPSA) is 60.9 Å². The highest BCUT2D eigenvalue weighted by atomic mass is 32.1. The number of nitrogens with one attached hydrogen (secondary N) is 1. The van der Waals surface area contributed by atoms with E-state index < -0.39 is 0 Å². The molecule has 1 fully saturated rings. The second kappa shape index (κ2) is 12.6. The number of piperidine rings is 1. The number of methoxy groups -OCH3 is 1. The van der Waals surface area contributed by atoms with E-state index >= 15 is 0 Å². The number of amides is 1. The number of hydrogen-bond donors (Lipinski definition) is 1. The van der Waals surface area contributed by atoms with E-state index in [0.29, 0.717) is 11.6 Å². The molecule has 9 heteroatoms. The molecule has 1 atom stereocenters. The second-order valence-corrected chi connectivity index (χ2v) is 11.3. The number of likely N-dealkylation sites (N-methyl/N-ethyl adjacent to an activating group) is 1. The zero-order valence-electron chi connectivity index (χ0n) is 22.8. The molecule has 1 aromatic heterocycles. The lowest BCUT2D eigenvalue weighted by atomic mass is 9.98. The number of benzene rings is 2. The number of carbonyl (C=O) groups is 1. The molecule has 1 unspecified atom stereocenters. The summed E-state index contributed by atoms with van der Waals surface area (Å²) in [4.78, 5) is 24.0. The number of nitrogens with zero attached hydrogens (tertiary/aromatic N) is 4. The van der Waals surface area contributed by atoms with Crippen LogP contribution in [-0.4, -0.2) is 73.2 Å². The minimum atomic E-state index is -0.0435. The lowest BCUT2D eigenvalue weighted by molar-refractivity contribution is 0.0737. The normalized spacial score (nSPS) is 14.6. The fourth-order valence-corrected chi connectivity index (χ4v) is 5.92. The van der Waals surface area contributed by atoms with E-state index in [2.05, 4.69) is 46.3 Å². The molecule has 202 valence electrons. The Bertz CT molecular complexity index is 1240. The summed E-state index contributed by atoms with van der Waals surface area (Å²) in [7, 11) is 7.58. The third-order valence-corrected chi connectivity index (χ3v) is 8.56. The first-order valence-electron chi connectivity index (χ1n) is 12.9. The molecule has 1 saturated heterocycles. The summed E-state index contributed by atoms with van der Waals surface area (Å²) < 4.78 is 5.47. The summed E-state index contributed by atoms with van der Waals surface area (Å²) in [5.74, 6) is 1.15. The Morgan fingerprint density at radius 3 is 2.50 bits per heavy atom. The molecule has 2 heterocycles. The Morgan fingerprint density at radius 1 is 1.16 bits per heavy atom. The predicted molar refractivity (Wildman–Crippen MR) is 161 cm³/mol. The van der Waals surface area contributed by atoms with Crippen LogP contribution in [0.4, 0.5) is 11.4 Å². The quantitative estimate of drug-likeness (QED) is 0.371. The fourth-order valence-electron chi connectivity index (χ4n) is 4.66. The van der Waals surface area contributed by atoms with Crippen molar-refractivity contribution < 1.29 is 9.53 Å². The van der Waals surface area contributed by atoms with Gasteiger partial charge in [-0.1, -0.05) is 18.2 Å². The Kier molecular flexibility index (Phi) is 9.22. The average Bonchev–Trinajstić information content (AvgIpc) is 3.43. The standard InChI is InChI=1S/C29H37N5O2S2/c1-20(18-22-8-6-7-9-26(22)36-5)33(4)28(35)25-19-38-27(31-25)21-14-16-34(17-15-21)29(37)30-23-10-12-24(13-11-23)32(2)3/h6-13,19-21H,14-18H2,1-5H3,(H,30,37). The Balaban J connectivity index is 1.29. The molecule has 7 nitrogen and oxygen atoms in total. The van der Waals surface area contributed by atoms with Crippen LogP contribution in [0.15, 0.2) is 53.9 Å². The van der Waals surface area contributed by atoms with Crippen LogP contribution in [0.2, 0.25) is 0 Å². The number of carbonyl (C=O) groups excluding carboxylic acids is 1. The van der Waals surface area contributed by atoms with Crippen molar-refractivity contribution in [2.75, 3.05) is 51.6 Å². The van der Waals surface area contributed by atoms with Crippen LogP contribution in [0, 0.1) is 0 Å². The van der Waals surface area contributed by atoms with Gasteiger partial charge in [0.15, 0.2) is 5.11 Å². The summed E-state index contributed by atoms with van der Waals surface area (Å²) in [5, 5.41) is 7.06. The van der Waals surface area contributed by atoms with E-state index in [0.717, 1.165) is 65.2 Å². The van der Waals surface area contributed by atoms with E-state index in [4.69, 9.17) is 21.9 Å². The van der Waals surface area contributed by atoms with Gasteiger partial charge in [0.1, 0.15) is 11.4 Å². The van der Waals surface area contributed by atoms with Gasteiger partial charge in [0.2, 0.25) is 0 Å². The smallest absolute Gasteiger partial charge is 0.273 e. The zero-order chi connectivity index (χ0) is 27.2. The van der Waals surface area contributed by atoms with Crippen molar-refractivity contribution in [3.05, 3.63) is 70.2 Å². The Hall–Kier alpha value is -3.17. The van der Waals surface area contributed by atoms with E-state index in [1.54, 1.807) is 23.3 Å². The van der Waals surface area contributed by atoms with Gasteiger partial charge in [0, 0.05) is 62.9 Å². The monoisotopic (exact) mass is 551 g/mol. The summed E-state index contributed by atoms with van der Waals surface area (Å²) in [5.41, 5.74) is 3.77. The molecule has 0 radical (unpaired) electrons. The van der Waals surface area contributed by atoms with Crippen LogP contribution >= 0.6 is 23.6 Å². The third kappa shape index (κ3) is 6.63. The predicted octanol–water partition coefficient (Wildman–Crippen LogP) is 5.50. The van der Waals surface area contributed by atoms with E-state index in [1.165, 1.54) is 0 Å². The molecule has 4 rings (SSSR count). The number of rotatable bonds is 8. The van der Waals surface area contributed by atoms with Crippen LogP contribution in [0.25, 0.3) is 0 Å². The molecule has 38 heavy (non-hydrogen) atoms.